The Morgan fingerprint density at radius 2 is 2.31 bits per heavy atom. The normalized spacial score (nSPS) is 14.9. The van der Waals surface area contributed by atoms with Gasteiger partial charge in [-0.15, -0.1) is 0 Å². The lowest BCUT2D eigenvalue weighted by molar-refractivity contribution is 0.301. The lowest BCUT2D eigenvalue weighted by Crippen LogP contribution is -2.29. The van der Waals surface area contributed by atoms with Gasteiger partial charge in [-0.1, -0.05) is 6.07 Å². The van der Waals surface area contributed by atoms with Crippen LogP contribution in [0.15, 0.2) is 18.2 Å². The minimum atomic E-state index is 0.184. The number of aliphatic hydroxyl groups is 1. The van der Waals surface area contributed by atoms with E-state index >= 15 is 0 Å². The summed E-state index contributed by atoms with van der Waals surface area (Å²) in [4.78, 5) is 6.74. The summed E-state index contributed by atoms with van der Waals surface area (Å²) >= 11 is 0. The highest BCUT2D eigenvalue weighted by atomic mass is 16.3. The van der Waals surface area contributed by atoms with Gasteiger partial charge in [0.15, 0.2) is 0 Å². The van der Waals surface area contributed by atoms with Gasteiger partial charge < -0.3 is 15.3 Å². The van der Waals surface area contributed by atoms with Gasteiger partial charge in [-0.05, 0) is 31.9 Å². The predicted octanol–water partition coefficient (Wildman–Crippen LogP) is 1.47. The number of anilines is 2. The van der Waals surface area contributed by atoms with Gasteiger partial charge in [0.25, 0.3) is 0 Å². The van der Waals surface area contributed by atoms with Crippen LogP contribution in [0.5, 0.6) is 0 Å². The molecule has 0 atom stereocenters. The van der Waals surface area contributed by atoms with Crippen LogP contribution >= 0.6 is 0 Å². The van der Waals surface area contributed by atoms with E-state index in [1.54, 1.807) is 0 Å². The molecule has 1 aromatic rings. The standard InChI is InChI=1S/C12H19N3O/c1-2-13-11-4-3-5-12(14-11)15(8-9-16)10-6-7-10/h3-5,10,16H,2,6-9H2,1H3,(H,13,14). The van der Waals surface area contributed by atoms with E-state index in [1.807, 2.05) is 18.2 Å². The second-order valence-electron chi connectivity index (χ2n) is 4.06. The van der Waals surface area contributed by atoms with Crippen molar-refractivity contribution < 1.29 is 5.11 Å². The largest absolute Gasteiger partial charge is 0.395 e. The summed E-state index contributed by atoms with van der Waals surface area (Å²) < 4.78 is 0. The highest BCUT2D eigenvalue weighted by Crippen LogP contribution is 2.30. The molecule has 1 heterocycles. The van der Waals surface area contributed by atoms with E-state index < -0.39 is 0 Å². The zero-order valence-electron chi connectivity index (χ0n) is 9.69. The van der Waals surface area contributed by atoms with Gasteiger partial charge in [0, 0.05) is 19.1 Å². The molecule has 2 rings (SSSR count). The Morgan fingerprint density at radius 3 is 2.94 bits per heavy atom. The third kappa shape index (κ3) is 2.64. The molecule has 0 spiro atoms. The first-order valence-electron chi connectivity index (χ1n) is 5.93. The molecule has 0 bridgehead atoms. The zero-order chi connectivity index (χ0) is 11.4. The maximum Gasteiger partial charge on any atom is 0.131 e. The molecule has 0 saturated heterocycles. The maximum atomic E-state index is 9.06. The molecule has 1 aliphatic rings. The predicted molar refractivity (Wildman–Crippen MR) is 65.9 cm³/mol. The van der Waals surface area contributed by atoms with Crippen molar-refractivity contribution in [3.63, 3.8) is 0 Å². The van der Waals surface area contributed by atoms with E-state index in [-0.39, 0.29) is 6.61 Å². The Bertz CT molecular complexity index is 339. The van der Waals surface area contributed by atoms with Crippen molar-refractivity contribution in [1.82, 2.24) is 4.98 Å². The van der Waals surface area contributed by atoms with Crippen molar-refractivity contribution in [1.29, 1.82) is 0 Å². The summed E-state index contributed by atoms with van der Waals surface area (Å²) in [6.07, 6.45) is 2.43. The first kappa shape index (κ1) is 11.2. The summed E-state index contributed by atoms with van der Waals surface area (Å²) in [6, 6.07) is 6.57. The molecular weight excluding hydrogens is 202 g/mol. The van der Waals surface area contributed by atoms with Crippen molar-refractivity contribution in [3.05, 3.63) is 18.2 Å². The molecule has 1 aliphatic carbocycles. The fraction of sp³-hybridized carbons (Fsp3) is 0.583. The summed E-state index contributed by atoms with van der Waals surface area (Å²) in [5.74, 6) is 1.87. The minimum absolute atomic E-state index is 0.184. The first-order valence-corrected chi connectivity index (χ1v) is 5.93. The van der Waals surface area contributed by atoms with Gasteiger partial charge in [-0.3, -0.25) is 0 Å². The van der Waals surface area contributed by atoms with Gasteiger partial charge in [-0.25, -0.2) is 4.98 Å². The molecule has 16 heavy (non-hydrogen) atoms. The van der Waals surface area contributed by atoms with Crippen LogP contribution in [0.2, 0.25) is 0 Å². The van der Waals surface area contributed by atoms with Crippen molar-refractivity contribution in [3.8, 4) is 0 Å². The first-order chi connectivity index (χ1) is 7.85. The number of nitrogens with one attached hydrogen (secondary N) is 1. The molecule has 4 heteroatoms. The van der Waals surface area contributed by atoms with E-state index in [2.05, 4.69) is 22.1 Å². The molecular formula is C12H19N3O. The average molecular weight is 221 g/mol. The van der Waals surface area contributed by atoms with Crippen molar-refractivity contribution >= 4 is 11.6 Å². The number of hydrogen-bond donors (Lipinski definition) is 2. The summed E-state index contributed by atoms with van der Waals surface area (Å²) in [6.45, 7) is 3.79. The third-order valence-electron chi connectivity index (χ3n) is 2.72. The molecule has 88 valence electrons. The lowest BCUT2D eigenvalue weighted by atomic mass is 10.3. The Morgan fingerprint density at radius 1 is 1.50 bits per heavy atom. The average Bonchev–Trinajstić information content (AvgIpc) is 3.11. The van der Waals surface area contributed by atoms with Crippen LogP contribution in [0.25, 0.3) is 0 Å². The zero-order valence-corrected chi connectivity index (χ0v) is 9.69. The Balaban J connectivity index is 2.12. The maximum absolute atomic E-state index is 9.06. The SMILES string of the molecule is CCNc1cccc(N(CCO)C2CC2)n1. The molecule has 1 fully saturated rings. The molecule has 2 N–H and O–H groups in total. The molecule has 0 amide bonds. The van der Waals surface area contributed by atoms with E-state index in [1.165, 1.54) is 12.8 Å². The summed E-state index contributed by atoms with van der Waals surface area (Å²) in [5.41, 5.74) is 0. The monoisotopic (exact) mass is 221 g/mol. The van der Waals surface area contributed by atoms with Crippen molar-refractivity contribution in [2.24, 2.45) is 0 Å². The topological polar surface area (TPSA) is 48.4 Å². The van der Waals surface area contributed by atoms with Crippen molar-refractivity contribution in [2.75, 3.05) is 29.9 Å². The Hall–Kier alpha value is -1.29. The van der Waals surface area contributed by atoms with Crippen LogP contribution in [0.4, 0.5) is 11.6 Å². The summed E-state index contributed by atoms with van der Waals surface area (Å²) in [5, 5.41) is 12.3. The lowest BCUT2D eigenvalue weighted by Gasteiger charge is -2.22. The second kappa shape index (κ2) is 5.16. The second-order valence-corrected chi connectivity index (χ2v) is 4.06. The van der Waals surface area contributed by atoms with Crippen LogP contribution in [-0.4, -0.2) is 35.8 Å². The smallest absolute Gasteiger partial charge is 0.131 e. The number of aromatic nitrogens is 1. The van der Waals surface area contributed by atoms with Crippen LogP contribution < -0.4 is 10.2 Å². The fourth-order valence-corrected chi connectivity index (χ4v) is 1.84. The number of nitrogens with zero attached hydrogens (tertiary/aromatic N) is 2. The Labute approximate surface area is 96.3 Å². The summed E-state index contributed by atoms with van der Waals surface area (Å²) in [7, 11) is 0. The highest BCUT2D eigenvalue weighted by molar-refractivity contribution is 5.48. The van der Waals surface area contributed by atoms with E-state index in [4.69, 9.17) is 5.11 Å². The van der Waals surface area contributed by atoms with Crippen LogP contribution in [-0.2, 0) is 0 Å². The molecule has 1 saturated carbocycles. The van der Waals surface area contributed by atoms with Gasteiger partial charge in [0.2, 0.25) is 0 Å². The van der Waals surface area contributed by atoms with E-state index in [9.17, 15) is 0 Å². The van der Waals surface area contributed by atoms with Gasteiger partial charge in [0.05, 0.1) is 6.61 Å². The number of rotatable bonds is 6. The highest BCUT2D eigenvalue weighted by Gasteiger charge is 2.29. The van der Waals surface area contributed by atoms with Gasteiger partial charge in [0.1, 0.15) is 11.6 Å². The quantitative estimate of drug-likeness (QED) is 0.764. The van der Waals surface area contributed by atoms with Crippen molar-refractivity contribution in [2.45, 2.75) is 25.8 Å². The molecule has 0 unspecified atom stereocenters. The number of pyridine rings is 1. The Kier molecular flexibility index (Phi) is 3.62. The third-order valence-corrected chi connectivity index (χ3v) is 2.72. The van der Waals surface area contributed by atoms with E-state index in [0.29, 0.717) is 12.6 Å². The minimum Gasteiger partial charge on any atom is -0.395 e. The number of hydrogen-bond acceptors (Lipinski definition) is 4. The molecule has 0 aromatic carbocycles. The number of aliphatic hydroxyl groups excluding tert-OH is 1. The van der Waals surface area contributed by atoms with E-state index in [0.717, 1.165) is 18.2 Å². The molecule has 0 radical (unpaired) electrons. The van der Waals surface area contributed by atoms with Crippen LogP contribution in [0.3, 0.4) is 0 Å². The fourth-order valence-electron chi connectivity index (χ4n) is 1.84. The molecule has 4 nitrogen and oxygen atoms in total. The van der Waals surface area contributed by atoms with Crippen LogP contribution in [0.1, 0.15) is 19.8 Å². The van der Waals surface area contributed by atoms with Gasteiger partial charge >= 0.3 is 0 Å². The van der Waals surface area contributed by atoms with Crippen LogP contribution in [0, 0.1) is 0 Å². The molecule has 0 aliphatic heterocycles. The molecule has 1 aromatic heterocycles. The van der Waals surface area contributed by atoms with Gasteiger partial charge in [-0.2, -0.15) is 0 Å².